The maximum Gasteiger partial charge on any atom is 1.00 e. The Morgan fingerprint density at radius 2 is 2.23 bits per heavy atom. The van der Waals surface area contributed by atoms with Crippen molar-refractivity contribution in [3.05, 3.63) is 23.9 Å². The van der Waals surface area contributed by atoms with E-state index < -0.39 is 15.1 Å². The summed E-state index contributed by atoms with van der Waals surface area (Å²) in [6.45, 7) is 0. The van der Waals surface area contributed by atoms with E-state index in [1.54, 1.807) is 6.07 Å². The van der Waals surface area contributed by atoms with Gasteiger partial charge in [-0.15, -0.1) is 0 Å². The van der Waals surface area contributed by atoms with E-state index in [-0.39, 0.29) is 36.5 Å². The van der Waals surface area contributed by atoms with Crippen LogP contribution in [0.25, 0.3) is 0 Å². The molecule has 7 heteroatoms. The van der Waals surface area contributed by atoms with Gasteiger partial charge in [-0.2, -0.15) is 13.7 Å². The number of aromatic nitrogens is 1. The molecule has 0 bridgehead atoms. The SMILES string of the molecule is N#Cc1ccnc(S(=O)(=O)O)c1.[H-].[Na+]. The van der Waals surface area contributed by atoms with Crippen molar-refractivity contribution in [3.63, 3.8) is 0 Å². The molecule has 0 saturated heterocycles. The Bertz CT molecular complexity index is 443. The molecule has 1 N–H and O–H groups in total. The van der Waals surface area contributed by atoms with Crippen LogP contribution in [0.3, 0.4) is 0 Å². The molecule has 5 nitrogen and oxygen atoms in total. The summed E-state index contributed by atoms with van der Waals surface area (Å²) < 4.78 is 29.5. The molecular formula is C6H5N2NaO3S. The van der Waals surface area contributed by atoms with Crippen molar-refractivity contribution in [2.45, 2.75) is 5.03 Å². The maximum absolute atomic E-state index is 10.5. The molecule has 0 unspecified atom stereocenters. The Balaban J connectivity index is 0. The van der Waals surface area contributed by atoms with Gasteiger partial charge in [0.15, 0.2) is 5.03 Å². The minimum absolute atomic E-state index is 0. The van der Waals surface area contributed by atoms with Crippen molar-refractivity contribution in [3.8, 4) is 6.07 Å². The molecule has 1 rings (SSSR count). The summed E-state index contributed by atoms with van der Waals surface area (Å²) >= 11 is 0. The fraction of sp³-hybridized carbons (Fsp3) is 0. The fourth-order valence-corrected chi connectivity index (χ4v) is 1.09. The molecule has 64 valence electrons. The monoisotopic (exact) mass is 208 g/mol. The Morgan fingerprint density at radius 3 is 2.69 bits per heavy atom. The van der Waals surface area contributed by atoms with Crippen LogP contribution in [-0.4, -0.2) is 18.0 Å². The largest absolute Gasteiger partial charge is 1.00 e. The van der Waals surface area contributed by atoms with Gasteiger partial charge in [0.2, 0.25) is 0 Å². The predicted octanol–water partition coefficient (Wildman–Crippen LogP) is -2.68. The quantitative estimate of drug-likeness (QED) is 0.401. The molecule has 0 aliphatic carbocycles. The van der Waals surface area contributed by atoms with Gasteiger partial charge in [-0.1, -0.05) is 0 Å². The van der Waals surface area contributed by atoms with Crippen molar-refractivity contribution < 1.29 is 44.0 Å². The Kier molecular flexibility index (Phi) is 4.53. The zero-order chi connectivity index (χ0) is 9.19. The van der Waals surface area contributed by atoms with Gasteiger partial charge in [-0.05, 0) is 12.1 Å². The molecular weight excluding hydrogens is 203 g/mol. The predicted molar refractivity (Wildman–Crippen MR) is 39.9 cm³/mol. The summed E-state index contributed by atoms with van der Waals surface area (Å²) in [7, 11) is -4.30. The average molecular weight is 208 g/mol. The van der Waals surface area contributed by atoms with Crippen LogP contribution in [0.1, 0.15) is 6.99 Å². The summed E-state index contributed by atoms with van der Waals surface area (Å²) in [4.78, 5) is 3.37. The second kappa shape index (κ2) is 4.69. The summed E-state index contributed by atoms with van der Waals surface area (Å²) in [5, 5.41) is 7.86. The molecule has 0 spiro atoms. The number of nitriles is 1. The van der Waals surface area contributed by atoms with Crippen molar-refractivity contribution in [2.75, 3.05) is 0 Å². The Labute approximate surface area is 98.9 Å². The van der Waals surface area contributed by atoms with Crippen molar-refractivity contribution >= 4 is 10.1 Å². The van der Waals surface area contributed by atoms with Gasteiger partial charge in [0.25, 0.3) is 0 Å². The second-order valence-corrected chi connectivity index (χ2v) is 3.34. The van der Waals surface area contributed by atoms with E-state index in [0.29, 0.717) is 0 Å². The first kappa shape index (κ1) is 12.6. The number of pyridine rings is 1. The molecule has 0 fully saturated rings. The molecule has 0 aliphatic heterocycles. The van der Waals surface area contributed by atoms with Crippen LogP contribution in [0.4, 0.5) is 0 Å². The average Bonchev–Trinajstić information content (AvgIpc) is 2.03. The Hall–Kier alpha value is -0.450. The van der Waals surface area contributed by atoms with Crippen LogP contribution < -0.4 is 29.6 Å². The van der Waals surface area contributed by atoms with Gasteiger partial charge in [-0.3, -0.25) is 4.55 Å². The minimum atomic E-state index is -4.30. The van der Waals surface area contributed by atoms with Crippen LogP contribution in [0.5, 0.6) is 0 Å². The van der Waals surface area contributed by atoms with Crippen LogP contribution in [0, 0.1) is 11.3 Å². The van der Waals surface area contributed by atoms with Gasteiger partial charge in [-0.25, -0.2) is 4.98 Å². The first-order valence-electron chi connectivity index (χ1n) is 2.87. The first-order chi connectivity index (χ1) is 5.54. The van der Waals surface area contributed by atoms with Crippen molar-refractivity contribution in [2.24, 2.45) is 0 Å². The topological polar surface area (TPSA) is 91.0 Å². The maximum atomic E-state index is 10.5. The molecule has 0 amide bonds. The molecule has 0 aliphatic rings. The molecule has 1 heterocycles. The number of hydrogen-bond donors (Lipinski definition) is 1. The standard InChI is InChI=1S/C6H4N2O3S.Na.H/c7-4-5-1-2-8-6(3-5)12(9,10)11;;/h1-3H,(H,9,10,11);;/q;+1;-1. The molecule has 0 saturated carbocycles. The van der Waals surface area contributed by atoms with E-state index in [9.17, 15) is 8.42 Å². The third-order valence-corrected chi connectivity index (χ3v) is 1.88. The summed E-state index contributed by atoms with van der Waals surface area (Å²) in [6.07, 6.45) is 1.14. The molecule has 1 aromatic rings. The summed E-state index contributed by atoms with van der Waals surface area (Å²) in [5.41, 5.74) is 0.137. The zero-order valence-corrected chi connectivity index (χ0v) is 9.61. The summed E-state index contributed by atoms with van der Waals surface area (Å²) in [5.74, 6) is 0. The number of nitrogens with zero attached hydrogens (tertiary/aromatic N) is 2. The van der Waals surface area contributed by atoms with Crippen LogP contribution >= 0.6 is 0 Å². The summed E-state index contributed by atoms with van der Waals surface area (Å²) in [6, 6.07) is 4.06. The second-order valence-electron chi connectivity index (χ2n) is 1.97. The van der Waals surface area contributed by atoms with Crippen molar-refractivity contribution in [1.82, 2.24) is 4.98 Å². The van der Waals surface area contributed by atoms with Gasteiger partial charge >= 0.3 is 39.7 Å². The van der Waals surface area contributed by atoms with E-state index >= 15 is 0 Å². The molecule has 0 atom stereocenters. The van der Waals surface area contributed by atoms with Crippen molar-refractivity contribution in [1.29, 1.82) is 5.26 Å². The smallest absolute Gasteiger partial charge is 1.00 e. The van der Waals surface area contributed by atoms with Crippen LogP contribution in [-0.2, 0) is 10.1 Å². The zero-order valence-electron chi connectivity index (χ0n) is 7.80. The molecule has 1 aromatic heterocycles. The number of rotatable bonds is 1. The van der Waals surface area contributed by atoms with Gasteiger partial charge < -0.3 is 1.43 Å². The van der Waals surface area contributed by atoms with E-state index in [1.165, 1.54) is 6.07 Å². The minimum Gasteiger partial charge on any atom is -1.00 e. The van der Waals surface area contributed by atoms with E-state index in [4.69, 9.17) is 9.81 Å². The first-order valence-corrected chi connectivity index (χ1v) is 4.31. The van der Waals surface area contributed by atoms with Gasteiger partial charge in [0.05, 0.1) is 11.6 Å². The van der Waals surface area contributed by atoms with Gasteiger partial charge in [0.1, 0.15) is 0 Å². The van der Waals surface area contributed by atoms with E-state index in [1.807, 2.05) is 0 Å². The third-order valence-electron chi connectivity index (χ3n) is 1.13. The Morgan fingerprint density at radius 1 is 1.62 bits per heavy atom. The fourth-order valence-electron chi connectivity index (χ4n) is 0.620. The normalized spacial score (nSPS) is 9.85. The number of hydrogen-bond acceptors (Lipinski definition) is 4. The van der Waals surface area contributed by atoms with Gasteiger partial charge in [0, 0.05) is 6.20 Å². The van der Waals surface area contributed by atoms with Crippen LogP contribution in [0.2, 0.25) is 0 Å². The molecule has 0 aromatic carbocycles. The molecule has 13 heavy (non-hydrogen) atoms. The van der Waals surface area contributed by atoms with E-state index in [2.05, 4.69) is 4.98 Å². The molecule has 0 radical (unpaired) electrons. The third kappa shape index (κ3) is 3.42. The van der Waals surface area contributed by atoms with E-state index in [0.717, 1.165) is 12.3 Å². The van der Waals surface area contributed by atoms with Crippen LogP contribution in [0.15, 0.2) is 23.4 Å².